The minimum absolute atomic E-state index is 0.00768. The number of aliphatic hydroxyl groups excluding tert-OH is 3. The molecule has 0 aromatic heterocycles. The van der Waals surface area contributed by atoms with Crippen LogP contribution in [0.25, 0.3) is 10.8 Å². The van der Waals surface area contributed by atoms with Gasteiger partial charge in [0.15, 0.2) is 12.4 Å². The number of carbonyl (C=O) groups is 5. The highest BCUT2D eigenvalue weighted by Gasteiger charge is 2.47. The molecular formula is C69H104N6O11. The van der Waals surface area contributed by atoms with E-state index < -0.39 is 84.4 Å². The summed E-state index contributed by atoms with van der Waals surface area (Å²) in [7, 11) is 0. The fourth-order valence-corrected chi connectivity index (χ4v) is 11.6. The first-order valence-electron chi connectivity index (χ1n) is 32.4. The van der Waals surface area contributed by atoms with E-state index >= 15 is 0 Å². The number of phenols is 1. The van der Waals surface area contributed by atoms with Gasteiger partial charge in [0.25, 0.3) is 5.91 Å². The van der Waals surface area contributed by atoms with Crippen molar-refractivity contribution in [2.75, 3.05) is 13.2 Å². The van der Waals surface area contributed by atoms with Gasteiger partial charge >= 0.3 is 0 Å². The maximum atomic E-state index is 14.6. The van der Waals surface area contributed by atoms with Crippen LogP contribution in [0, 0.1) is 13.8 Å². The van der Waals surface area contributed by atoms with E-state index in [1.807, 2.05) is 72.8 Å². The number of phenolic OH excluding ortho intramolecular Hbond substituents is 1. The molecule has 5 rings (SSSR count). The SMILES string of the molecule is CCCCCCCCCCCCCCCCCCCCCCCCO[C@@H]1O[C@H](C(=O)NCCCC[C@@H](NC(=O)[C@@H](N)Cc2c(C)cc(O)cc2C)C(=O)N[C@@H](Cc2cccc3ccccc23)C(=O)N[C@@H](Cc2ccccc2)C(N)=O)[C@@H](O)[C@H](O)[C@H]1O. The average Bonchev–Trinajstić information content (AvgIpc) is 1.66. The minimum atomic E-state index is -1.74. The maximum Gasteiger partial charge on any atom is 0.252 e. The van der Waals surface area contributed by atoms with Gasteiger partial charge in [0.05, 0.1) is 6.04 Å². The zero-order chi connectivity index (χ0) is 62.1. The Hall–Kier alpha value is -5.95. The van der Waals surface area contributed by atoms with Crippen molar-refractivity contribution in [2.45, 2.75) is 255 Å². The number of amides is 5. The van der Waals surface area contributed by atoms with Crippen LogP contribution in [0.1, 0.15) is 195 Å². The predicted octanol–water partition coefficient (Wildman–Crippen LogP) is 9.17. The molecule has 5 amide bonds. The Bertz CT molecular complexity index is 2610. The molecule has 0 spiro atoms. The summed E-state index contributed by atoms with van der Waals surface area (Å²) in [6.07, 6.45) is 21.0. The number of primary amides is 1. The maximum absolute atomic E-state index is 14.6. The highest BCUT2D eigenvalue weighted by Crippen LogP contribution is 2.26. The number of aromatic hydroxyl groups is 1. The van der Waals surface area contributed by atoms with Crippen LogP contribution in [0.4, 0.5) is 0 Å². The summed E-state index contributed by atoms with van der Waals surface area (Å²) < 4.78 is 11.6. The first kappa shape index (κ1) is 70.8. The molecule has 9 atom stereocenters. The van der Waals surface area contributed by atoms with E-state index in [9.17, 15) is 44.4 Å². The second-order valence-electron chi connectivity index (χ2n) is 24.0. The highest BCUT2D eigenvalue weighted by atomic mass is 16.7. The summed E-state index contributed by atoms with van der Waals surface area (Å²) in [5.41, 5.74) is 16.1. The number of unbranched alkanes of at least 4 members (excludes halogenated alkanes) is 22. The molecule has 86 heavy (non-hydrogen) atoms. The lowest BCUT2D eigenvalue weighted by atomic mass is 9.95. The first-order chi connectivity index (χ1) is 41.6. The number of ether oxygens (including phenoxy) is 2. The molecule has 1 saturated heterocycles. The standard InChI is InChI=1S/C69H104N6O11/c1-4-5-6-7-8-9-10-11-12-13-14-15-16-17-18-19-20-21-22-23-24-32-42-85-69-62(79)60(77)61(78)63(86-69)68(84)72-41-31-30-40-57(73-65(81)56(70)47-55-48(2)43-53(76)44-49(55)3)66(82)75-59(46-52-38-33-37-51-36-28-29-39-54(51)52)67(83)74-58(64(71)80)45-50-34-26-25-27-35-50/h25-29,33-39,43-44,56-63,69,76-79H,4-24,30-32,40-42,45-47,70H2,1-3H3,(H2,71,80)(H,72,84)(H,73,81)(H,74,83)(H,75,82)/t56-,57+,58-,59-,60-,61-,62+,63-,69+/m0/s1. The van der Waals surface area contributed by atoms with Crippen molar-refractivity contribution >= 4 is 40.3 Å². The zero-order valence-electron chi connectivity index (χ0n) is 51.8. The fraction of sp³-hybridized carbons (Fsp3) is 0.609. The lowest BCUT2D eigenvalue weighted by Crippen LogP contribution is -2.62. The molecule has 4 aromatic carbocycles. The smallest absolute Gasteiger partial charge is 0.252 e. The summed E-state index contributed by atoms with van der Waals surface area (Å²) in [6.45, 7) is 6.15. The van der Waals surface area contributed by atoms with E-state index in [0.29, 0.717) is 6.42 Å². The van der Waals surface area contributed by atoms with Gasteiger partial charge in [-0.1, -0.05) is 215 Å². The van der Waals surface area contributed by atoms with Crippen molar-refractivity contribution in [3.63, 3.8) is 0 Å². The van der Waals surface area contributed by atoms with Crippen molar-refractivity contribution in [3.05, 3.63) is 113 Å². The van der Waals surface area contributed by atoms with E-state index in [2.05, 4.69) is 28.2 Å². The molecule has 0 saturated carbocycles. The zero-order valence-corrected chi connectivity index (χ0v) is 51.8. The lowest BCUT2D eigenvalue weighted by Gasteiger charge is -2.39. The number of hydrogen-bond acceptors (Lipinski definition) is 12. The molecule has 1 fully saturated rings. The van der Waals surface area contributed by atoms with Gasteiger partial charge in [-0.3, -0.25) is 24.0 Å². The Kier molecular flexibility index (Phi) is 32.7. The van der Waals surface area contributed by atoms with Crippen molar-refractivity contribution in [1.82, 2.24) is 21.3 Å². The van der Waals surface area contributed by atoms with Crippen LogP contribution in [0.5, 0.6) is 5.75 Å². The average molecular weight is 1190 g/mol. The molecule has 4 aromatic rings. The molecular weight excluding hydrogens is 1090 g/mol. The van der Waals surface area contributed by atoms with E-state index in [-0.39, 0.29) is 57.4 Å². The number of benzene rings is 4. The molecule has 0 unspecified atom stereocenters. The van der Waals surface area contributed by atoms with Crippen LogP contribution >= 0.6 is 0 Å². The van der Waals surface area contributed by atoms with Crippen molar-refractivity contribution in [1.29, 1.82) is 0 Å². The first-order valence-corrected chi connectivity index (χ1v) is 32.4. The Morgan fingerprint density at radius 1 is 0.558 bits per heavy atom. The number of nitrogens with two attached hydrogens (primary N) is 2. The Morgan fingerprint density at radius 2 is 1.07 bits per heavy atom. The molecule has 12 N–H and O–H groups in total. The molecule has 0 radical (unpaired) electrons. The molecule has 476 valence electrons. The van der Waals surface area contributed by atoms with Crippen LogP contribution in [-0.2, 0) is 52.7 Å². The van der Waals surface area contributed by atoms with Crippen LogP contribution in [-0.4, -0.2) is 118 Å². The number of aryl methyl sites for hydroxylation is 2. The minimum Gasteiger partial charge on any atom is -0.508 e. The van der Waals surface area contributed by atoms with Crippen molar-refractivity contribution in [2.24, 2.45) is 11.5 Å². The topological polar surface area (TPSA) is 285 Å². The number of nitrogens with one attached hydrogen (secondary N) is 4. The predicted molar refractivity (Wildman–Crippen MR) is 339 cm³/mol. The number of aliphatic hydroxyl groups is 3. The third-order valence-corrected chi connectivity index (χ3v) is 16.8. The Morgan fingerprint density at radius 3 is 1.65 bits per heavy atom. The summed E-state index contributed by atoms with van der Waals surface area (Å²) in [5, 5.41) is 55.4. The molecule has 1 aliphatic heterocycles. The third-order valence-electron chi connectivity index (χ3n) is 16.8. The number of carbonyl (C=O) groups excluding carboxylic acids is 5. The third kappa shape index (κ3) is 25.0. The largest absolute Gasteiger partial charge is 0.508 e. The van der Waals surface area contributed by atoms with Crippen LogP contribution in [0.15, 0.2) is 84.9 Å². The normalized spacial score (nSPS) is 18.2. The molecule has 0 aliphatic carbocycles. The fourth-order valence-electron chi connectivity index (χ4n) is 11.6. The van der Waals surface area contributed by atoms with Gasteiger partial charge in [0.1, 0.15) is 42.2 Å². The van der Waals surface area contributed by atoms with E-state index in [4.69, 9.17) is 20.9 Å². The summed E-state index contributed by atoms with van der Waals surface area (Å²) in [6, 6.07) is 20.7. The van der Waals surface area contributed by atoms with Gasteiger partial charge in [0, 0.05) is 26.0 Å². The monoisotopic (exact) mass is 1190 g/mol. The highest BCUT2D eigenvalue weighted by molar-refractivity contribution is 5.95. The summed E-state index contributed by atoms with van der Waals surface area (Å²) >= 11 is 0. The lowest BCUT2D eigenvalue weighted by molar-refractivity contribution is -0.290. The number of hydrogen-bond donors (Lipinski definition) is 10. The van der Waals surface area contributed by atoms with Crippen LogP contribution < -0.4 is 32.7 Å². The van der Waals surface area contributed by atoms with E-state index in [0.717, 1.165) is 57.9 Å². The number of rotatable bonds is 43. The van der Waals surface area contributed by atoms with E-state index in [1.165, 1.54) is 116 Å². The molecule has 1 aliphatic rings. The summed E-state index contributed by atoms with van der Waals surface area (Å²) in [4.78, 5) is 69.3. The number of fused-ring (bicyclic) bond motifs is 1. The molecule has 17 nitrogen and oxygen atoms in total. The van der Waals surface area contributed by atoms with Gasteiger partial charge < -0.3 is 62.6 Å². The van der Waals surface area contributed by atoms with Gasteiger partial charge in [0.2, 0.25) is 23.6 Å². The van der Waals surface area contributed by atoms with E-state index in [1.54, 1.807) is 26.0 Å². The quantitative estimate of drug-likeness (QED) is 0.0186. The van der Waals surface area contributed by atoms with Gasteiger partial charge in [-0.15, -0.1) is 0 Å². The van der Waals surface area contributed by atoms with Gasteiger partial charge in [-0.05, 0) is 96.7 Å². The van der Waals surface area contributed by atoms with Crippen LogP contribution in [0.2, 0.25) is 0 Å². The Labute approximate surface area is 511 Å². The van der Waals surface area contributed by atoms with Crippen molar-refractivity contribution in [3.8, 4) is 5.75 Å². The second-order valence-corrected chi connectivity index (χ2v) is 24.0. The molecule has 17 heteroatoms. The van der Waals surface area contributed by atoms with Gasteiger partial charge in [-0.25, -0.2) is 0 Å². The molecule has 1 heterocycles. The second kappa shape index (κ2) is 39.8. The summed E-state index contributed by atoms with van der Waals surface area (Å²) in [5.74, 6) is -3.45. The van der Waals surface area contributed by atoms with Crippen molar-refractivity contribution < 1.29 is 53.9 Å². The van der Waals surface area contributed by atoms with Gasteiger partial charge in [-0.2, -0.15) is 0 Å². The Balaban J connectivity index is 1.10. The van der Waals surface area contributed by atoms with Crippen LogP contribution in [0.3, 0.4) is 0 Å². The molecule has 0 bridgehead atoms.